The van der Waals surface area contributed by atoms with Crippen LogP contribution in [-0.4, -0.2) is 40.1 Å². The molecule has 1 aliphatic rings. The number of carbonyl (C=O) groups is 1. The van der Waals surface area contributed by atoms with Gasteiger partial charge in [0.1, 0.15) is 0 Å². The smallest absolute Gasteiger partial charge is 0.254 e. The molecule has 0 unspecified atom stereocenters. The largest absolute Gasteiger partial charge is 0.391 e. The molecule has 4 nitrogen and oxygen atoms in total. The molecule has 1 aromatic carbocycles. The van der Waals surface area contributed by atoms with E-state index in [-0.39, 0.29) is 5.91 Å². The van der Waals surface area contributed by atoms with Gasteiger partial charge in [0.15, 0.2) is 0 Å². The normalized spacial score (nSPS) is 19.1. The maximum absolute atomic E-state index is 12.5. The van der Waals surface area contributed by atoms with Crippen LogP contribution in [0.1, 0.15) is 22.5 Å². The molecule has 1 saturated heterocycles. The molecule has 0 spiro atoms. The van der Waals surface area contributed by atoms with E-state index in [1.165, 1.54) is 0 Å². The van der Waals surface area contributed by atoms with Gasteiger partial charge in [-0.05, 0) is 25.5 Å². The summed E-state index contributed by atoms with van der Waals surface area (Å²) in [6, 6.07) is 9.49. The Bertz CT molecular complexity index is 639. The van der Waals surface area contributed by atoms with Crippen molar-refractivity contribution in [2.45, 2.75) is 19.4 Å². The van der Waals surface area contributed by atoms with Crippen molar-refractivity contribution in [2.24, 2.45) is 0 Å². The third-order valence-electron chi connectivity index (χ3n) is 3.53. The van der Waals surface area contributed by atoms with Gasteiger partial charge in [-0.2, -0.15) is 0 Å². The number of carbonyl (C=O) groups excluding carboxylic acids is 1. The van der Waals surface area contributed by atoms with Crippen molar-refractivity contribution in [1.82, 2.24) is 9.88 Å². The number of aliphatic hydroxyl groups excluding tert-OH is 1. The fourth-order valence-corrected chi connectivity index (χ4v) is 2.58. The van der Waals surface area contributed by atoms with Crippen molar-refractivity contribution in [3.8, 4) is 0 Å². The van der Waals surface area contributed by atoms with E-state index in [2.05, 4.69) is 4.98 Å². The fourth-order valence-electron chi connectivity index (χ4n) is 2.58. The molecule has 0 aliphatic carbocycles. The van der Waals surface area contributed by atoms with Crippen molar-refractivity contribution in [3.63, 3.8) is 0 Å². The Morgan fingerprint density at radius 3 is 2.95 bits per heavy atom. The predicted molar refractivity (Wildman–Crippen MR) is 73.0 cm³/mol. The fraction of sp³-hybridized carbons (Fsp3) is 0.333. The number of aryl methyl sites for hydroxylation is 1. The van der Waals surface area contributed by atoms with Crippen LogP contribution in [0.3, 0.4) is 0 Å². The van der Waals surface area contributed by atoms with E-state index >= 15 is 0 Å². The summed E-state index contributed by atoms with van der Waals surface area (Å²) < 4.78 is 0. The van der Waals surface area contributed by atoms with Crippen LogP contribution in [0.15, 0.2) is 30.3 Å². The van der Waals surface area contributed by atoms with Crippen LogP contribution in [0.2, 0.25) is 0 Å². The molecule has 3 rings (SSSR count). The number of aromatic nitrogens is 1. The number of fused-ring (bicyclic) bond motifs is 1. The lowest BCUT2D eigenvalue weighted by Crippen LogP contribution is -2.29. The first-order valence-corrected chi connectivity index (χ1v) is 6.49. The highest BCUT2D eigenvalue weighted by atomic mass is 16.3. The Labute approximate surface area is 111 Å². The topological polar surface area (TPSA) is 53.4 Å². The summed E-state index contributed by atoms with van der Waals surface area (Å²) in [6.07, 6.45) is 0.270. The molecule has 98 valence electrons. The average molecular weight is 256 g/mol. The Morgan fingerprint density at radius 2 is 2.21 bits per heavy atom. The van der Waals surface area contributed by atoms with Gasteiger partial charge < -0.3 is 10.0 Å². The molecule has 0 radical (unpaired) electrons. The summed E-state index contributed by atoms with van der Waals surface area (Å²) in [5.74, 6) is -0.0155. The van der Waals surface area contributed by atoms with E-state index < -0.39 is 6.10 Å². The molecular formula is C15H16N2O2. The Kier molecular flexibility index (Phi) is 2.95. The Morgan fingerprint density at radius 1 is 1.42 bits per heavy atom. The number of rotatable bonds is 1. The first-order chi connectivity index (χ1) is 9.15. The van der Waals surface area contributed by atoms with Gasteiger partial charge in [0.2, 0.25) is 0 Å². The summed E-state index contributed by atoms with van der Waals surface area (Å²) >= 11 is 0. The number of likely N-dealkylation sites (tertiary alicyclic amines) is 1. The number of pyridine rings is 1. The highest BCUT2D eigenvalue weighted by molar-refractivity contribution is 6.06. The zero-order chi connectivity index (χ0) is 13.4. The quantitative estimate of drug-likeness (QED) is 0.845. The van der Waals surface area contributed by atoms with Gasteiger partial charge in [0.25, 0.3) is 5.91 Å². The minimum Gasteiger partial charge on any atom is -0.391 e. The molecule has 0 saturated carbocycles. The van der Waals surface area contributed by atoms with Gasteiger partial charge in [-0.1, -0.05) is 18.2 Å². The molecule has 4 heteroatoms. The number of amides is 1. The third-order valence-corrected chi connectivity index (χ3v) is 3.53. The summed E-state index contributed by atoms with van der Waals surface area (Å²) in [6.45, 7) is 2.94. The van der Waals surface area contributed by atoms with Crippen LogP contribution in [0.5, 0.6) is 0 Å². The van der Waals surface area contributed by atoms with Crippen LogP contribution in [0.4, 0.5) is 0 Å². The first kappa shape index (κ1) is 12.1. The van der Waals surface area contributed by atoms with Crippen LogP contribution in [0.25, 0.3) is 10.9 Å². The molecule has 1 atom stereocenters. The van der Waals surface area contributed by atoms with E-state index in [1.54, 1.807) is 4.90 Å². The van der Waals surface area contributed by atoms with Gasteiger partial charge >= 0.3 is 0 Å². The van der Waals surface area contributed by atoms with E-state index in [1.807, 2.05) is 37.3 Å². The second-order valence-corrected chi connectivity index (χ2v) is 5.02. The Balaban J connectivity index is 2.06. The monoisotopic (exact) mass is 256 g/mol. The summed E-state index contributed by atoms with van der Waals surface area (Å²) in [7, 11) is 0. The zero-order valence-corrected chi connectivity index (χ0v) is 10.8. The van der Waals surface area contributed by atoms with Gasteiger partial charge in [-0.15, -0.1) is 0 Å². The van der Waals surface area contributed by atoms with Crippen LogP contribution < -0.4 is 0 Å². The summed E-state index contributed by atoms with van der Waals surface area (Å²) in [5.41, 5.74) is 2.35. The SMILES string of the molecule is Cc1cc(C(=O)N2CC[C@H](O)C2)c2ccccc2n1. The lowest BCUT2D eigenvalue weighted by molar-refractivity contribution is 0.0766. The van der Waals surface area contributed by atoms with Gasteiger partial charge in [0, 0.05) is 24.2 Å². The lowest BCUT2D eigenvalue weighted by Gasteiger charge is -2.17. The third kappa shape index (κ3) is 2.19. The minimum atomic E-state index is -0.391. The zero-order valence-electron chi connectivity index (χ0n) is 10.8. The van der Waals surface area contributed by atoms with Crippen LogP contribution >= 0.6 is 0 Å². The number of nitrogens with zero attached hydrogens (tertiary/aromatic N) is 2. The molecule has 2 aromatic rings. The highest BCUT2D eigenvalue weighted by Crippen LogP contribution is 2.21. The molecule has 1 fully saturated rings. The molecule has 0 bridgehead atoms. The molecule has 1 amide bonds. The molecule has 1 aromatic heterocycles. The van der Waals surface area contributed by atoms with Crippen molar-refractivity contribution >= 4 is 16.8 Å². The molecule has 19 heavy (non-hydrogen) atoms. The van der Waals surface area contributed by atoms with Crippen LogP contribution in [0, 0.1) is 6.92 Å². The van der Waals surface area contributed by atoms with Gasteiger partial charge in [-0.25, -0.2) is 0 Å². The van der Waals surface area contributed by atoms with E-state index in [0.717, 1.165) is 16.6 Å². The number of hydrogen-bond donors (Lipinski definition) is 1. The first-order valence-electron chi connectivity index (χ1n) is 6.49. The maximum Gasteiger partial charge on any atom is 0.254 e. The van der Waals surface area contributed by atoms with E-state index in [0.29, 0.717) is 25.1 Å². The Hall–Kier alpha value is -1.94. The predicted octanol–water partition coefficient (Wildman–Crippen LogP) is 1.75. The number of β-amino-alcohol motifs (C(OH)–C–C–N with tert-alkyl or cyclic N) is 1. The number of para-hydroxylation sites is 1. The average Bonchev–Trinajstić information content (AvgIpc) is 2.83. The second-order valence-electron chi connectivity index (χ2n) is 5.02. The molecule has 1 N–H and O–H groups in total. The van der Waals surface area contributed by atoms with E-state index in [9.17, 15) is 9.90 Å². The van der Waals surface area contributed by atoms with Gasteiger partial charge in [-0.3, -0.25) is 9.78 Å². The maximum atomic E-state index is 12.5. The standard InChI is InChI=1S/C15H16N2O2/c1-10-8-13(12-4-2-3-5-14(12)16-10)15(19)17-7-6-11(18)9-17/h2-5,8,11,18H,6-7,9H2,1H3/t11-/m0/s1. The number of benzene rings is 1. The van der Waals surface area contributed by atoms with Crippen molar-refractivity contribution in [3.05, 3.63) is 41.6 Å². The van der Waals surface area contributed by atoms with Crippen LogP contribution in [-0.2, 0) is 0 Å². The highest BCUT2D eigenvalue weighted by Gasteiger charge is 2.26. The minimum absolute atomic E-state index is 0.0155. The van der Waals surface area contributed by atoms with Gasteiger partial charge in [0.05, 0.1) is 17.2 Å². The molecular weight excluding hydrogens is 240 g/mol. The summed E-state index contributed by atoms with van der Waals surface area (Å²) in [4.78, 5) is 18.7. The van der Waals surface area contributed by atoms with E-state index in [4.69, 9.17) is 0 Å². The number of hydrogen-bond acceptors (Lipinski definition) is 3. The lowest BCUT2D eigenvalue weighted by atomic mass is 10.1. The molecule has 2 heterocycles. The summed E-state index contributed by atoms with van der Waals surface area (Å²) in [5, 5.41) is 10.4. The molecule has 1 aliphatic heterocycles. The second kappa shape index (κ2) is 4.63. The van der Waals surface area contributed by atoms with Crippen molar-refractivity contribution < 1.29 is 9.90 Å². The number of aliphatic hydroxyl groups is 1. The van der Waals surface area contributed by atoms with Crippen molar-refractivity contribution in [2.75, 3.05) is 13.1 Å². The van der Waals surface area contributed by atoms with Crippen molar-refractivity contribution in [1.29, 1.82) is 0 Å².